The number of benzene rings is 3. The average molecular weight is 283 g/mol. The summed E-state index contributed by atoms with van der Waals surface area (Å²) in [4.78, 5) is 12.3. The van der Waals surface area contributed by atoms with E-state index in [1.807, 2.05) is 30.3 Å². The van der Waals surface area contributed by atoms with Gasteiger partial charge in [0.1, 0.15) is 11.6 Å². The van der Waals surface area contributed by atoms with Crippen molar-refractivity contribution in [2.75, 3.05) is 5.32 Å². The number of fused-ring (bicyclic) bond motifs is 1. The van der Waals surface area contributed by atoms with Gasteiger partial charge in [0.25, 0.3) is 5.91 Å². The number of amides is 1. The normalized spacial score (nSPS) is 10.6. The van der Waals surface area contributed by atoms with Crippen molar-refractivity contribution in [2.24, 2.45) is 0 Å². The molecule has 1 N–H and O–H groups in total. The molecule has 0 aliphatic carbocycles. The first-order chi connectivity index (χ1) is 10.1. The van der Waals surface area contributed by atoms with E-state index in [4.69, 9.17) is 0 Å². The maximum Gasteiger partial charge on any atom is 0.256 e. The molecule has 1 amide bonds. The van der Waals surface area contributed by atoms with Crippen molar-refractivity contribution < 1.29 is 13.6 Å². The molecule has 3 aromatic rings. The smallest absolute Gasteiger partial charge is 0.256 e. The molecular formula is C17H11F2NO. The molecule has 0 atom stereocenters. The van der Waals surface area contributed by atoms with Gasteiger partial charge in [0, 0.05) is 11.6 Å². The second-order valence-electron chi connectivity index (χ2n) is 4.61. The van der Waals surface area contributed by atoms with E-state index in [0.29, 0.717) is 5.56 Å². The van der Waals surface area contributed by atoms with Gasteiger partial charge in [-0.15, -0.1) is 0 Å². The van der Waals surface area contributed by atoms with Crippen LogP contribution < -0.4 is 5.32 Å². The SMILES string of the molecule is O=C(Nc1ccc(F)cc1F)c1cccc2ccccc12. The molecule has 0 heterocycles. The van der Waals surface area contributed by atoms with E-state index in [-0.39, 0.29) is 5.69 Å². The molecular weight excluding hydrogens is 272 g/mol. The Morgan fingerprint density at radius 1 is 0.905 bits per heavy atom. The monoisotopic (exact) mass is 283 g/mol. The number of carbonyl (C=O) groups is 1. The van der Waals surface area contributed by atoms with Crippen LogP contribution in [0.2, 0.25) is 0 Å². The molecule has 0 saturated carbocycles. The summed E-state index contributed by atoms with van der Waals surface area (Å²) < 4.78 is 26.4. The molecule has 0 spiro atoms. The van der Waals surface area contributed by atoms with Crippen molar-refractivity contribution in [1.29, 1.82) is 0 Å². The molecule has 0 saturated heterocycles. The summed E-state index contributed by atoms with van der Waals surface area (Å²) in [6, 6.07) is 15.8. The number of halogens is 2. The number of hydrogen-bond donors (Lipinski definition) is 1. The van der Waals surface area contributed by atoms with Crippen molar-refractivity contribution in [3.63, 3.8) is 0 Å². The van der Waals surface area contributed by atoms with Gasteiger partial charge in [-0.1, -0.05) is 36.4 Å². The van der Waals surface area contributed by atoms with Crippen molar-refractivity contribution in [1.82, 2.24) is 0 Å². The highest BCUT2D eigenvalue weighted by Gasteiger charge is 2.12. The van der Waals surface area contributed by atoms with Gasteiger partial charge in [-0.05, 0) is 29.0 Å². The van der Waals surface area contributed by atoms with Crippen molar-refractivity contribution in [2.45, 2.75) is 0 Å². The highest BCUT2D eigenvalue weighted by atomic mass is 19.1. The number of rotatable bonds is 2. The predicted molar refractivity (Wildman–Crippen MR) is 78.3 cm³/mol. The lowest BCUT2D eigenvalue weighted by atomic mass is 10.0. The van der Waals surface area contributed by atoms with Crippen LogP contribution in [0.3, 0.4) is 0 Å². The minimum atomic E-state index is -0.802. The van der Waals surface area contributed by atoms with Crippen LogP contribution in [0.15, 0.2) is 60.7 Å². The van der Waals surface area contributed by atoms with E-state index in [9.17, 15) is 13.6 Å². The zero-order chi connectivity index (χ0) is 14.8. The predicted octanol–water partition coefficient (Wildman–Crippen LogP) is 4.37. The quantitative estimate of drug-likeness (QED) is 0.743. The summed E-state index contributed by atoms with van der Waals surface area (Å²) in [5, 5.41) is 4.16. The lowest BCUT2D eigenvalue weighted by molar-refractivity contribution is 0.102. The summed E-state index contributed by atoms with van der Waals surface area (Å²) in [7, 11) is 0. The molecule has 3 aromatic carbocycles. The minimum Gasteiger partial charge on any atom is -0.319 e. The van der Waals surface area contributed by atoms with Crippen LogP contribution in [0.5, 0.6) is 0 Å². The molecule has 0 unspecified atom stereocenters. The fourth-order valence-corrected chi connectivity index (χ4v) is 2.20. The largest absolute Gasteiger partial charge is 0.319 e. The maximum absolute atomic E-state index is 13.6. The van der Waals surface area contributed by atoms with Crippen LogP contribution in [0.1, 0.15) is 10.4 Å². The van der Waals surface area contributed by atoms with Crippen LogP contribution in [-0.2, 0) is 0 Å². The lowest BCUT2D eigenvalue weighted by Gasteiger charge is -2.09. The van der Waals surface area contributed by atoms with E-state index in [0.717, 1.165) is 22.9 Å². The Labute approximate surface area is 120 Å². The summed E-state index contributed by atoms with van der Waals surface area (Å²) in [5.74, 6) is -1.92. The molecule has 3 rings (SSSR count). The Morgan fingerprint density at radius 2 is 1.67 bits per heavy atom. The van der Waals surface area contributed by atoms with Gasteiger partial charge >= 0.3 is 0 Å². The second-order valence-corrected chi connectivity index (χ2v) is 4.61. The highest BCUT2D eigenvalue weighted by Crippen LogP contribution is 2.21. The minimum absolute atomic E-state index is 0.0469. The lowest BCUT2D eigenvalue weighted by Crippen LogP contribution is -2.13. The van der Waals surface area contributed by atoms with E-state index in [1.165, 1.54) is 6.07 Å². The third-order valence-corrected chi connectivity index (χ3v) is 3.21. The maximum atomic E-state index is 13.6. The van der Waals surface area contributed by atoms with E-state index >= 15 is 0 Å². The van der Waals surface area contributed by atoms with Gasteiger partial charge in [0.15, 0.2) is 0 Å². The molecule has 0 radical (unpaired) electrons. The van der Waals surface area contributed by atoms with Crippen LogP contribution in [0.4, 0.5) is 14.5 Å². The first kappa shape index (κ1) is 13.2. The summed E-state index contributed by atoms with van der Waals surface area (Å²) in [5.41, 5.74) is 0.395. The van der Waals surface area contributed by atoms with Gasteiger partial charge in [0.2, 0.25) is 0 Å². The molecule has 104 valence electrons. The number of nitrogens with one attached hydrogen (secondary N) is 1. The molecule has 2 nitrogen and oxygen atoms in total. The zero-order valence-electron chi connectivity index (χ0n) is 10.9. The third kappa shape index (κ3) is 2.60. The van der Waals surface area contributed by atoms with Crippen LogP contribution >= 0.6 is 0 Å². The van der Waals surface area contributed by atoms with Crippen molar-refractivity contribution >= 4 is 22.4 Å². The fourth-order valence-electron chi connectivity index (χ4n) is 2.20. The Balaban J connectivity index is 1.97. The average Bonchev–Trinajstić information content (AvgIpc) is 2.49. The summed E-state index contributed by atoms with van der Waals surface area (Å²) in [6.07, 6.45) is 0. The first-order valence-corrected chi connectivity index (χ1v) is 6.39. The van der Waals surface area contributed by atoms with E-state index in [1.54, 1.807) is 12.1 Å². The Bertz CT molecular complexity index is 825. The van der Waals surface area contributed by atoms with Gasteiger partial charge in [-0.25, -0.2) is 8.78 Å². The van der Waals surface area contributed by atoms with Crippen LogP contribution in [-0.4, -0.2) is 5.91 Å². The Hall–Kier alpha value is -2.75. The molecule has 21 heavy (non-hydrogen) atoms. The highest BCUT2D eigenvalue weighted by molar-refractivity contribution is 6.12. The number of anilines is 1. The molecule has 0 aliphatic rings. The standard InChI is InChI=1S/C17H11F2NO/c18-12-8-9-16(15(19)10-12)20-17(21)14-7-3-5-11-4-1-2-6-13(11)14/h1-10H,(H,20,21). The molecule has 0 bridgehead atoms. The van der Waals surface area contributed by atoms with Gasteiger partial charge in [-0.3, -0.25) is 4.79 Å². The molecule has 0 fully saturated rings. The van der Waals surface area contributed by atoms with Gasteiger partial charge in [0.05, 0.1) is 5.69 Å². The number of hydrogen-bond acceptors (Lipinski definition) is 1. The van der Waals surface area contributed by atoms with Crippen LogP contribution in [0.25, 0.3) is 10.8 Å². The molecule has 0 aliphatic heterocycles. The van der Waals surface area contributed by atoms with Gasteiger partial charge < -0.3 is 5.32 Å². The van der Waals surface area contributed by atoms with Crippen molar-refractivity contribution in [3.05, 3.63) is 77.9 Å². The van der Waals surface area contributed by atoms with E-state index < -0.39 is 17.5 Å². The zero-order valence-corrected chi connectivity index (χ0v) is 10.9. The summed E-state index contributed by atoms with van der Waals surface area (Å²) >= 11 is 0. The van der Waals surface area contributed by atoms with Crippen LogP contribution in [0, 0.1) is 11.6 Å². The third-order valence-electron chi connectivity index (χ3n) is 3.21. The second kappa shape index (κ2) is 5.32. The summed E-state index contributed by atoms with van der Waals surface area (Å²) in [6.45, 7) is 0. The topological polar surface area (TPSA) is 29.1 Å². The van der Waals surface area contributed by atoms with Crippen molar-refractivity contribution in [3.8, 4) is 0 Å². The number of carbonyl (C=O) groups excluding carboxylic acids is 1. The Morgan fingerprint density at radius 3 is 2.48 bits per heavy atom. The Kier molecular flexibility index (Phi) is 3.36. The van der Waals surface area contributed by atoms with Gasteiger partial charge in [-0.2, -0.15) is 0 Å². The first-order valence-electron chi connectivity index (χ1n) is 6.39. The molecule has 0 aromatic heterocycles. The molecule has 4 heteroatoms. The fraction of sp³-hybridized carbons (Fsp3) is 0. The van der Waals surface area contributed by atoms with E-state index in [2.05, 4.69) is 5.32 Å².